The molecule has 1 aromatic carbocycles. The summed E-state index contributed by atoms with van der Waals surface area (Å²) in [5.41, 5.74) is 1.23. The van der Waals surface area contributed by atoms with Crippen LogP contribution in [0, 0.1) is 6.92 Å². The van der Waals surface area contributed by atoms with Crippen LogP contribution in [0.15, 0.2) is 17.0 Å². The molecule has 0 aliphatic rings. The molecule has 0 spiro atoms. The second kappa shape index (κ2) is 2.58. The molecule has 0 aromatic heterocycles. The summed E-state index contributed by atoms with van der Waals surface area (Å²) in [6.45, 7) is 1.75. The Bertz CT molecular complexity index is 233. The zero-order valence-corrected chi connectivity index (χ0v) is 6.52. The minimum Gasteiger partial charge on any atom is -0.508 e. The quantitative estimate of drug-likeness (QED) is 0.413. The number of hydrogen-bond donors (Lipinski definition) is 2. The van der Waals surface area contributed by atoms with E-state index in [0.29, 0.717) is 15.9 Å². The molecule has 0 atom stereocenters. The molecule has 1 N–H and O–H groups in total. The standard InChI is InChI=1S/C7H7BOS/c1-4-5(9)2-3-6(10)7(4)8/h2-3,9-10H,1H3. The highest BCUT2D eigenvalue weighted by Crippen LogP contribution is 2.15. The molecule has 0 aliphatic carbocycles. The molecule has 1 rings (SSSR count). The van der Waals surface area contributed by atoms with Crippen molar-refractivity contribution in [3.63, 3.8) is 0 Å². The van der Waals surface area contributed by atoms with Gasteiger partial charge in [-0.15, -0.1) is 12.6 Å². The van der Waals surface area contributed by atoms with E-state index in [9.17, 15) is 0 Å². The third-order valence-electron chi connectivity index (χ3n) is 1.46. The Balaban J connectivity index is 3.34. The van der Waals surface area contributed by atoms with Gasteiger partial charge in [0.25, 0.3) is 0 Å². The van der Waals surface area contributed by atoms with Crippen molar-refractivity contribution in [1.82, 2.24) is 0 Å². The fraction of sp³-hybridized carbons (Fsp3) is 0.143. The van der Waals surface area contributed by atoms with Crippen molar-refractivity contribution in [1.29, 1.82) is 0 Å². The van der Waals surface area contributed by atoms with E-state index < -0.39 is 0 Å². The van der Waals surface area contributed by atoms with E-state index in [1.54, 1.807) is 19.1 Å². The van der Waals surface area contributed by atoms with Gasteiger partial charge < -0.3 is 5.11 Å². The third kappa shape index (κ3) is 1.14. The minimum atomic E-state index is 0.218. The van der Waals surface area contributed by atoms with Crippen LogP contribution in [-0.4, -0.2) is 13.0 Å². The first-order chi connectivity index (χ1) is 4.63. The second-order valence-corrected chi connectivity index (χ2v) is 2.62. The summed E-state index contributed by atoms with van der Waals surface area (Å²) in [5, 5.41) is 9.11. The van der Waals surface area contributed by atoms with Crippen LogP contribution in [0.3, 0.4) is 0 Å². The monoisotopic (exact) mass is 150 g/mol. The molecule has 50 valence electrons. The van der Waals surface area contributed by atoms with Crippen LogP contribution in [0.2, 0.25) is 0 Å². The largest absolute Gasteiger partial charge is 0.508 e. The average Bonchev–Trinajstić information content (AvgIpc) is 1.93. The smallest absolute Gasteiger partial charge is 0.117 e. The summed E-state index contributed by atoms with van der Waals surface area (Å²) >= 11 is 4.08. The molecule has 1 nitrogen and oxygen atoms in total. The number of rotatable bonds is 0. The lowest BCUT2D eigenvalue weighted by Gasteiger charge is -2.04. The number of hydrogen-bond acceptors (Lipinski definition) is 2. The van der Waals surface area contributed by atoms with Gasteiger partial charge in [0, 0.05) is 0 Å². The SMILES string of the molecule is [B]c1c(S)ccc(O)c1C. The first-order valence-corrected chi connectivity index (χ1v) is 3.34. The van der Waals surface area contributed by atoms with E-state index in [2.05, 4.69) is 12.6 Å². The Morgan fingerprint density at radius 2 is 2.10 bits per heavy atom. The van der Waals surface area contributed by atoms with E-state index >= 15 is 0 Å². The van der Waals surface area contributed by atoms with Crippen molar-refractivity contribution in [3.05, 3.63) is 17.7 Å². The van der Waals surface area contributed by atoms with Crippen molar-refractivity contribution >= 4 is 25.9 Å². The van der Waals surface area contributed by atoms with E-state index in [-0.39, 0.29) is 5.75 Å². The van der Waals surface area contributed by atoms with Gasteiger partial charge in [0.1, 0.15) is 13.6 Å². The van der Waals surface area contributed by atoms with E-state index in [4.69, 9.17) is 13.0 Å². The topological polar surface area (TPSA) is 20.2 Å². The molecule has 0 saturated carbocycles. The van der Waals surface area contributed by atoms with Gasteiger partial charge in [-0.2, -0.15) is 0 Å². The fourth-order valence-corrected chi connectivity index (χ4v) is 0.945. The van der Waals surface area contributed by atoms with Crippen molar-refractivity contribution in [2.24, 2.45) is 0 Å². The first kappa shape index (κ1) is 7.54. The lowest BCUT2D eigenvalue weighted by atomic mass is 9.91. The second-order valence-electron chi connectivity index (χ2n) is 2.14. The third-order valence-corrected chi connectivity index (χ3v) is 1.85. The minimum absolute atomic E-state index is 0.218. The molecule has 0 heterocycles. The zero-order valence-electron chi connectivity index (χ0n) is 5.63. The van der Waals surface area contributed by atoms with Crippen LogP contribution in [0.5, 0.6) is 5.75 Å². The number of aromatic hydroxyl groups is 1. The fourth-order valence-electron chi connectivity index (χ4n) is 0.703. The summed E-state index contributed by atoms with van der Waals surface area (Å²) in [4.78, 5) is 0.704. The molecule has 0 fully saturated rings. The highest BCUT2D eigenvalue weighted by molar-refractivity contribution is 7.80. The van der Waals surface area contributed by atoms with Crippen molar-refractivity contribution in [2.45, 2.75) is 11.8 Å². The van der Waals surface area contributed by atoms with Crippen LogP contribution in [0.1, 0.15) is 5.56 Å². The lowest BCUT2D eigenvalue weighted by molar-refractivity contribution is 0.471. The van der Waals surface area contributed by atoms with Crippen molar-refractivity contribution in [2.75, 3.05) is 0 Å². The Labute approximate surface area is 66.9 Å². The summed E-state index contributed by atoms with van der Waals surface area (Å²) in [6, 6.07) is 3.24. The molecule has 0 unspecified atom stereocenters. The molecule has 2 radical (unpaired) electrons. The average molecular weight is 150 g/mol. The van der Waals surface area contributed by atoms with E-state index in [0.717, 1.165) is 0 Å². The van der Waals surface area contributed by atoms with Crippen LogP contribution in [0.25, 0.3) is 0 Å². The number of benzene rings is 1. The number of phenols is 1. The van der Waals surface area contributed by atoms with Crippen molar-refractivity contribution in [3.8, 4) is 5.75 Å². The molecule has 3 heteroatoms. The Kier molecular flexibility index (Phi) is 1.95. The number of thiol groups is 1. The summed E-state index contributed by atoms with van der Waals surface area (Å²) < 4.78 is 0. The Morgan fingerprint density at radius 1 is 1.50 bits per heavy atom. The van der Waals surface area contributed by atoms with Gasteiger partial charge in [0.05, 0.1) is 0 Å². The molecule has 10 heavy (non-hydrogen) atoms. The van der Waals surface area contributed by atoms with Gasteiger partial charge in [-0.25, -0.2) is 0 Å². The molecular formula is C7H7BOS. The lowest BCUT2D eigenvalue weighted by Crippen LogP contribution is -2.08. The molecule has 0 bridgehead atoms. The van der Waals surface area contributed by atoms with Crippen molar-refractivity contribution < 1.29 is 5.11 Å². The maximum atomic E-state index is 9.11. The molecule has 0 saturated heterocycles. The Hall–Kier alpha value is -0.565. The van der Waals surface area contributed by atoms with Gasteiger partial charge in [-0.1, -0.05) is 5.46 Å². The van der Waals surface area contributed by atoms with Crippen LogP contribution < -0.4 is 5.46 Å². The summed E-state index contributed by atoms with van der Waals surface area (Å²) in [5.74, 6) is 0.218. The predicted molar refractivity (Wildman–Crippen MR) is 45.5 cm³/mol. The first-order valence-electron chi connectivity index (χ1n) is 2.90. The molecular weight excluding hydrogens is 143 g/mol. The van der Waals surface area contributed by atoms with Crippen LogP contribution in [-0.2, 0) is 0 Å². The molecule has 0 aliphatic heterocycles. The Morgan fingerprint density at radius 3 is 2.60 bits per heavy atom. The van der Waals surface area contributed by atoms with Gasteiger partial charge in [0.2, 0.25) is 0 Å². The van der Waals surface area contributed by atoms with E-state index in [1.165, 1.54) is 0 Å². The van der Waals surface area contributed by atoms with Crippen LogP contribution in [0.4, 0.5) is 0 Å². The van der Waals surface area contributed by atoms with Crippen LogP contribution >= 0.6 is 12.6 Å². The zero-order chi connectivity index (χ0) is 7.72. The normalized spacial score (nSPS) is 9.80. The summed E-state index contributed by atoms with van der Waals surface area (Å²) in [6.07, 6.45) is 0. The number of phenolic OH excluding ortho intramolecular Hbond substituents is 1. The van der Waals surface area contributed by atoms with Gasteiger partial charge in [0.15, 0.2) is 0 Å². The summed E-state index contributed by atoms with van der Waals surface area (Å²) in [7, 11) is 5.55. The maximum Gasteiger partial charge on any atom is 0.117 e. The van der Waals surface area contributed by atoms with Gasteiger partial charge >= 0.3 is 0 Å². The molecule has 1 aromatic rings. The van der Waals surface area contributed by atoms with Gasteiger partial charge in [-0.05, 0) is 29.5 Å². The van der Waals surface area contributed by atoms with E-state index in [1.807, 2.05) is 0 Å². The highest BCUT2D eigenvalue weighted by atomic mass is 32.1. The molecule has 0 amide bonds. The van der Waals surface area contributed by atoms with Gasteiger partial charge in [-0.3, -0.25) is 0 Å². The highest BCUT2D eigenvalue weighted by Gasteiger charge is 2.00. The predicted octanol–water partition coefficient (Wildman–Crippen LogP) is 0.783. The maximum absolute atomic E-state index is 9.11.